The third-order valence-electron chi connectivity index (χ3n) is 1.71. The smallest absolute Gasteiger partial charge is 0.313 e. The van der Waals surface area contributed by atoms with Crippen LogP contribution >= 0.6 is 15.9 Å². The van der Waals surface area contributed by atoms with Crippen molar-refractivity contribution in [2.45, 2.75) is 0 Å². The van der Waals surface area contributed by atoms with Crippen molar-refractivity contribution in [2.75, 3.05) is 18.5 Å². The molecule has 16 heavy (non-hydrogen) atoms. The van der Waals surface area contributed by atoms with Crippen molar-refractivity contribution in [3.05, 3.63) is 28.7 Å². The van der Waals surface area contributed by atoms with Crippen LogP contribution in [0.5, 0.6) is 0 Å². The molecule has 0 saturated heterocycles. The van der Waals surface area contributed by atoms with Crippen molar-refractivity contribution in [2.24, 2.45) is 0 Å². The molecule has 1 aromatic rings. The van der Waals surface area contributed by atoms with E-state index in [1.165, 1.54) is 0 Å². The third kappa shape index (κ3) is 4.00. The molecule has 0 fully saturated rings. The van der Waals surface area contributed by atoms with Crippen molar-refractivity contribution < 1.29 is 14.7 Å². The first-order chi connectivity index (χ1) is 7.63. The Kier molecular flexibility index (Phi) is 4.94. The molecule has 0 atom stereocenters. The molecule has 0 spiro atoms. The van der Waals surface area contributed by atoms with E-state index in [-0.39, 0.29) is 13.2 Å². The van der Waals surface area contributed by atoms with Crippen LogP contribution in [0.3, 0.4) is 0 Å². The number of rotatable bonds is 3. The van der Waals surface area contributed by atoms with E-state index in [0.29, 0.717) is 5.69 Å². The Morgan fingerprint density at radius 2 is 1.81 bits per heavy atom. The molecule has 2 amide bonds. The SMILES string of the molecule is O=C(NCCO)C(=O)Nc1ccc(Br)cc1. The molecule has 1 aromatic carbocycles. The number of amides is 2. The number of halogens is 1. The van der Waals surface area contributed by atoms with Gasteiger partial charge in [0.05, 0.1) is 6.61 Å². The van der Waals surface area contributed by atoms with Crippen LogP contribution < -0.4 is 10.6 Å². The van der Waals surface area contributed by atoms with Gasteiger partial charge in [0.2, 0.25) is 0 Å². The van der Waals surface area contributed by atoms with Crippen molar-refractivity contribution in [1.29, 1.82) is 0 Å². The molecule has 0 unspecified atom stereocenters. The predicted octanol–water partition coefficient (Wildman–Crippen LogP) is 0.496. The standard InChI is InChI=1S/C10H11BrN2O3/c11-7-1-3-8(4-2-7)13-10(16)9(15)12-5-6-14/h1-4,14H,5-6H2,(H,12,15)(H,13,16). The van der Waals surface area contributed by atoms with E-state index < -0.39 is 11.8 Å². The van der Waals surface area contributed by atoms with E-state index in [4.69, 9.17) is 5.11 Å². The first kappa shape index (κ1) is 12.7. The lowest BCUT2D eigenvalue weighted by atomic mass is 10.3. The van der Waals surface area contributed by atoms with E-state index in [2.05, 4.69) is 26.6 Å². The van der Waals surface area contributed by atoms with E-state index in [1.807, 2.05) is 0 Å². The van der Waals surface area contributed by atoms with Crippen LogP contribution in [0.1, 0.15) is 0 Å². The Labute approximate surface area is 101 Å². The van der Waals surface area contributed by atoms with Gasteiger partial charge < -0.3 is 15.7 Å². The minimum atomic E-state index is -0.767. The van der Waals surface area contributed by atoms with E-state index in [1.54, 1.807) is 24.3 Å². The van der Waals surface area contributed by atoms with Crippen molar-refractivity contribution in [3.63, 3.8) is 0 Å². The zero-order chi connectivity index (χ0) is 12.0. The molecule has 5 nitrogen and oxygen atoms in total. The normalized spacial score (nSPS) is 9.62. The maximum absolute atomic E-state index is 11.3. The summed E-state index contributed by atoms with van der Waals surface area (Å²) in [6, 6.07) is 6.84. The number of nitrogens with one attached hydrogen (secondary N) is 2. The van der Waals surface area contributed by atoms with Gasteiger partial charge in [0.1, 0.15) is 0 Å². The summed E-state index contributed by atoms with van der Waals surface area (Å²) in [6.07, 6.45) is 0. The van der Waals surface area contributed by atoms with Crippen LogP contribution in [0.2, 0.25) is 0 Å². The molecule has 0 aliphatic heterocycles. The number of anilines is 1. The molecule has 0 saturated carbocycles. The van der Waals surface area contributed by atoms with Gasteiger partial charge in [0.15, 0.2) is 0 Å². The van der Waals surface area contributed by atoms with Crippen LogP contribution in [0.15, 0.2) is 28.7 Å². The van der Waals surface area contributed by atoms with Gasteiger partial charge in [-0.3, -0.25) is 9.59 Å². The molecule has 0 heterocycles. The quantitative estimate of drug-likeness (QED) is 0.708. The molecule has 0 radical (unpaired) electrons. The second-order valence-corrected chi connectivity index (χ2v) is 3.86. The average molecular weight is 287 g/mol. The molecule has 0 aromatic heterocycles. The first-order valence-electron chi connectivity index (χ1n) is 4.59. The molecule has 0 aliphatic carbocycles. The summed E-state index contributed by atoms with van der Waals surface area (Å²) in [5.41, 5.74) is 0.535. The van der Waals surface area contributed by atoms with E-state index >= 15 is 0 Å². The zero-order valence-electron chi connectivity index (χ0n) is 8.37. The van der Waals surface area contributed by atoms with Gasteiger partial charge in [0.25, 0.3) is 0 Å². The van der Waals surface area contributed by atoms with Gasteiger partial charge in [-0.15, -0.1) is 0 Å². The fraction of sp³-hybridized carbons (Fsp3) is 0.200. The van der Waals surface area contributed by atoms with Crippen LogP contribution in [-0.2, 0) is 9.59 Å². The molecule has 3 N–H and O–H groups in total. The summed E-state index contributed by atoms with van der Waals surface area (Å²) in [4.78, 5) is 22.4. The highest BCUT2D eigenvalue weighted by molar-refractivity contribution is 9.10. The lowest BCUT2D eigenvalue weighted by Crippen LogP contribution is -2.36. The maximum atomic E-state index is 11.3. The Balaban J connectivity index is 2.51. The minimum absolute atomic E-state index is 0.0621. The summed E-state index contributed by atoms with van der Waals surface area (Å²) in [5.74, 6) is -1.52. The number of hydrogen-bond acceptors (Lipinski definition) is 3. The summed E-state index contributed by atoms with van der Waals surface area (Å²) in [5, 5.41) is 13.1. The maximum Gasteiger partial charge on any atom is 0.313 e. The van der Waals surface area contributed by atoms with Crippen LogP contribution in [0, 0.1) is 0 Å². The number of carbonyl (C=O) groups excluding carboxylic acids is 2. The zero-order valence-corrected chi connectivity index (χ0v) is 9.95. The largest absolute Gasteiger partial charge is 0.395 e. The van der Waals surface area contributed by atoms with Gasteiger partial charge >= 0.3 is 11.8 Å². The van der Waals surface area contributed by atoms with Gasteiger partial charge in [0, 0.05) is 16.7 Å². The van der Waals surface area contributed by atoms with Crippen molar-refractivity contribution >= 4 is 33.4 Å². The number of aliphatic hydroxyl groups excluding tert-OH is 1. The predicted molar refractivity (Wildman–Crippen MR) is 62.9 cm³/mol. The summed E-state index contributed by atoms with van der Waals surface area (Å²) in [7, 11) is 0. The van der Waals surface area contributed by atoms with Gasteiger partial charge in [-0.25, -0.2) is 0 Å². The summed E-state index contributed by atoms with van der Waals surface area (Å²) >= 11 is 3.26. The third-order valence-corrected chi connectivity index (χ3v) is 2.23. The molecule has 86 valence electrons. The van der Waals surface area contributed by atoms with E-state index in [9.17, 15) is 9.59 Å². The highest BCUT2D eigenvalue weighted by Gasteiger charge is 2.12. The number of benzene rings is 1. The van der Waals surface area contributed by atoms with Crippen molar-refractivity contribution in [1.82, 2.24) is 5.32 Å². The monoisotopic (exact) mass is 286 g/mol. The van der Waals surface area contributed by atoms with Crippen molar-refractivity contribution in [3.8, 4) is 0 Å². The van der Waals surface area contributed by atoms with Crippen LogP contribution in [0.4, 0.5) is 5.69 Å². The summed E-state index contributed by atoms with van der Waals surface area (Å²) in [6.45, 7) is -0.135. The Morgan fingerprint density at radius 3 is 2.38 bits per heavy atom. The highest BCUT2D eigenvalue weighted by atomic mass is 79.9. The second-order valence-electron chi connectivity index (χ2n) is 2.94. The molecular formula is C10H11BrN2O3. The lowest BCUT2D eigenvalue weighted by Gasteiger charge is -2.05. The molecular weight excluding hydrogens is 276 g/mol. The van der Waals surface area contributed by atoms with Gasteiger partial charge in [-0.2, -0.15) is 0 Å². The second kappa shape index (κ2) is 6.24. The number of carbonyl (C=O) groups is 2. The van der Waals surface area contributed by atoms with Gasteiger partial charge in [-0.1, -0.05) is 15.9 Å². The summed E-state index contributed by atoms with van der Waals surface area (Å²) < 4.78 is 0.884. The van der Waals surface area contributed by atoms with Crippen LogP contribution in [0.25, 0.3) is 0 Å². The topological polar surface area (TPSA) is 78.4 Å². The Hall–Kier alpha value is -1.40. The number of aliphatic hydroxyl groups is 1. The minimum Gasteiger partial charge on any atom is -0.395 e. The lowest BCUT2D eigenvalue weighted by molar-refractivity contribution is -0.136. The Morgan fingerprint density at radius 1 is 1.19 bits per heavy atom. The fourth-order valence-corrected chi connectivity index (χ4v) is 1.24. The van der Waals surface area contributed by atoms with Gasteiger partial charge in [-0.05, 0) is 24.3 Å². The highest BCUT2D eigenvalue weighted by Crippen LogP contribution is 2.13. The molecule has 6 heteroatoms. The van der Waals surface area contributed by atoms with Crippen LogP contribution in [-0.4, -0.2) is 30.1 Å². The first-order valence-corrected chi connectivity index (χ1v) is 5.38. The molecule has 0 bridgehead atoms. The molecule has 0 aliphatic rings. The fourth-order valence-electron chi connectivity index (χ4n) is 0.971. The molecule has 1 rings (SSSR count). The Bertz CT molecular complexity index is 378. The number of hydrogen-bond donors (Lipinski definition) is 3. The van der Waals surface area contributed by atoms with E-state index in [0.717, 1.165) is 4.47 Å². The average Bonchev–Trinajstić information content (AvgIpc) is 2.29.